The number of nitrogens with zero attached hydrogens (tertiary/aromatic N) is 1. The van der Waals surface area contributed by atoms with Gasteiger partial charge in [-0.05, 0) is 37.3 Å². The molecule has 0 unspecified atom stereocenters. The van der Waals surface area contributed by atoms with Crippen molar-refractivity contribution in [3.05, 3.63) is 65.2 Å². The van der Waals surface area contributed by atoms with Crippen LogP contribution < -0.4 is 5.32 Å². The van der Waals surface area contributed by atoms with Crippen LogP contribution in [-0.4, -0.2) is 42.0 Å². The number of likely N-dealkylation sites (N-methyl/N-ethyl adjacent to an activating group) is 1. The highest BCUT2D eigenvalue weighted by Crippen LogP contribution is 2.14. The number of anilines is 1. The summed E-state index contributed by atoms with van der Waals surface area (Å²) in [6.07, 6.45) is 0. The molecule has 0 heterocycles. The zero-order valence-corrected chi connectivity index (χ0v) is 13.2. The van der Waals surface area contributed by atoms with E-state index in [9.17, 15) is 9.59 Å². The summed E-state index contributed by atoms with van der Waals surface area (Å²) in [6.45, 7) is 2.13. The fourth-order valence-corrected chi connectivity index (χ4v) is 2.11. The Morgan fingerprint density at radius 3 is 2.43 bits per heavy atom. The molecule has 2 N–H and O–H groups in total. The maximum atomic E-state index is 12.2. The first-order chi connectivity index (χ1) is 11.0. The predicted octanol–water partition coefficient (Wildman–Crippen LogP) is 2.31. The summed E-state index contributed by atoms with van der Waals surface area (Å²) >= 11 is 0. The van der Waals surface area contributed by atoms with E-state index in [1.54, 1.807) is 43.4 Å². The van der Waals surface area contributed by atoms with Gasteiger partial charge in [-0.15, -0.1) is 0 Å². The van der Waals surface area contributed by atoms with Crippen LogP contribution in [0.15, 0.2) is 48.5 Å². The van der Waals surface area contributed by atoms with E-state index in [-0.39, 0.29) is 25.0 Å². The average Bonchev–Trinajstić information content (AvgIpc) is 2.55. The molecule has 5 nitrogen and oxygen atoms in total. The molecule has 0 saturated heterocycles. The van der Waals surface area contributed by atoms with E-state index in [0.717, 1.165) is 5.56 Å². The number of rotatable bonds is 5. The Kier molecular flexibility index (Phi) is 5.49. The smallest absolute Gasteiger partial charge is 0.255 e. The molecular formula is C18H20N2O3. The van der Waals surface area contributed by atoms with Crippen LogP contribution in [0.1, 0.15) is 26.3 Å². The molecule has 0 aliphatic carbocycles. The van der Waals surface area contributed by atoms with Gasteiger partial charge in [0.1, 0.15) is 0 Å². The summed E-state index contributed by atoms with van der Waals surface area (Å²) in [4.78, 5) is 25.8. The van der Waals surface area contributed by atoms with Gasteiger partial charge in [-0.2, -0.15) is 0 Å². The van der Waals surface area contributed by atoms with Crippen molar-refractivity contribution < 1.29 is 14.7 Å². The number of hydrogen-bond acceptors (Lipinski definition) is 3. The maximum Gasteiger partial charge on any atom is 0.255 e. The van der Waals surface area contributed by atoms with Crippen molar-refractivity contribution in [3.63, 3.8) is 0 Å². The fourth-order valence-electron chi connectivity index (χ4n) is 2.11. The van der Waals surface area contributed by atoms with E-state index in [2.05, 4.69) is 5.32 Å². The molecule has 0 fully saturated rings. The Morgan fingerprint density at radius 2 is 1.78 bits per heavy atom. The third-order valence-electron chi connectivity index (χ3n) is 3.46. The van der Waals surface area contributed by atoms with Gasteiger partial charge in [-0.3, -0.25) is 9.59 Å². The van der Waals surface area contributed by atoms with Gasteiger partial charge in [-0.25, -0.2) is 0 Å². The van der Waals surface area contributed by atoms with Crippen molar-refractivity contribution in [1.82, 2.24) is 4.90 Å². The average molecular weight is 312 g/mol. The first kappa shape index (κ1) is 16.7. The van der Waals surface area contributed by atoms with E-state index in [1.807, 2.05) is 19.1 Å². The molecule has 0 atom stereocenters. The van der Waals surface area contributed by atoms with Crippen LogP contribution in [0, 0.1) is 6.92 Å². The van der Waals surface area contributed by atoms with E-state index >= 15 is 0 Å². The van der Waals surface area contributed by atoms with Gasteiger partial charge in [0.25, 0.3) is 11.8 Å². The van der Waals surface area contributed by atoms with E-state index < -0.39 is 0 Å². The summed E-state index contributed by atoms with van der Waals surface area (Å²) in [5.74, 6) is -0.427. The largest absolute Gasteiger partial charge is 0.395 e. The van der Waals surface area contributed by atoms with Gasteiger partial charge in [0.2, 0.25) is 0 Å². The molecule has 2 aromatic carbocycles. The van der Waals surface area contributed by atoms with Crippen LogP contribution in [0.2, 0.25) is 0 Å². The van der Waals surface area contributed by atoms with Gasteiger partial charge in [0.15, 0.2) is 0 Å². The highest BCUT2D eigenvalue weighted by Gasteiger charge is 2.12. The Morgan fingerprint density at radius 1 is 1.09 bits per heavy atom. The van der Waals surface area contributed by atoms with Gasteiger partial charge < -0.3 is 15.3 Å². The minimum Gasteiger partial charge on any atom is -0.395 e. The van der Waals surface area contributed by atoms with Crippen LogP contribution in [0.4, 0.5) is 5.69 Å². The number of benzene rings is 2. The molecule has 2 amide bonds. The predicted molar refractivity (Wildman–Crippen MR) is 89.6 cm³/mol. The van der Waals surface area contributed by atoms with Crippen LogP contribution >= 0.6 is 0 Å². The standard InChI is InChI=1S/C18H20N2O3/c1-13-6-8-14(9-7-13)17(22)19-16-5-3-4-15(12-16)18(23)20(2)10-11-21/h3-9,12,21H,10-11H2,1-2H3,(H,19,22). The molecule has 2 rings (SSSR count). The molecule has 0 saturated carbocycles. The summed E-state index contributed by atoms with van der Waals surface area (Å²) in [5.41, 5.74) is 2.66. The van der Waals surface area contributed by atoms with Crippen molar-refractivity contribution >= 4 is 17.5 Å². The number of hydrogen-bond donors (Lipinski definition) is 2. The molecular weight excluding hydrogens is 292 g/mol. The number of amides is 2. The SMILES string of the molecule is Cc1ccc(C(=O)Nc2cccc(C(=O)N(C)CCO)c2)cc1. The summed E-state index contributed by atoms with van der Waals surface area (Å²) < 4.78 is 0. The molecule has 0 aromatic heterocycles. The third-order valence-corrected chi connectivity index (χ3v) is 3.46. The normalized spacial score (nSPS) is 10.2. The van der Waals surface area contributed by atoms with Gasteiger partial charge in [0.05, 0.1) is 6.61 Å². The second kappa shape index (κ2) is 7.56. The van der Waals surface area contributed by atoms with Crippen molar-refractivity contribution in [2.45, 2.75) is 6.92 Å². The number of aryl methyl sites for hydroxylation is 1. The quantitative estimate of drug-likeness (QED) is 0.890. The molecule has 23 heavy (non-hydrogen) atoms. The lowest BCUT2D eigenvalue weighted by atomic mass is 10.1. The van der Waals surface area contributed by atoms with E-state index in [4.69, 9.17) is 5.11 Å². The van der Waals surface area contributed by atoms with Crippen LogP contribution in [0.25, 0.3) is 0 Å². The van der Waals surface area contributed by atoms with Crippen molar-refractivity contribution in [2.24, 2.45) is 0 Å². The van der Waals surface area contributed by atoms with Gasteiger partial charge >= 0.3 is 0 Å². The summed E-state index contributed by atoms with van der Waals surface area (Å²) in [7, 11) is 1.62. The lowest BCUT2D eigenvalue weighted by Gasteiger charge is -2.16. The number of nitrogens with one attached hydrogen (secondary N) is 1. The lowest BCUT2D eigenvalue weighted by molar-refractivity contribution is 0.0766. The van der Waals surface area contributed by atoms with Crippen molar-refractivity contribution in [3.8, 4) is 0 Å². The number of aliphatic hydroxyl groups is 1. The van der Waals surface area contributed by atoms with Crippen LogP contribution in [0.3, 0.4) is 0 Å². The van der Waals surface area contributed by atoms with Gasteiger partial charge in [-0.1, -0.05) is 23.8 Å². The zero-order chi connectivity index (χ0) is 16.8. The molecule has 0 radical (unpaired) electrons. The molecule has 0 spiro atoms. The summed E-state index contributed by atoms with van der Waals surface area (Å²) in [6, 6.07) is 14.0. The Labute approximate surface area is 135 Å². The lowest BCUT2D eigenvalue weighted by Crippen LogP contribution is -2.29. The van der Waals surface area contributed by atoms with E-state index in [1.165, 1.54) is 4.90 Å². The minimum absolute atomic E-state index is 0.0912. The highest BCUT2D eigenvalue weighted by molar-refractivity contribution is 6.05. The first-order valence-electron chi connectivity index (χ1n) is 7.35. The highest BCUT2D eigenvalue weighted by atomic mass is 16.3. The molecule has 0 aliphatic heterocycles. The Bertz CT molecular complexity index is 696. The molecule has 2 aromatic rings. The minimum atomic E-state index is -0.224. The Hall–Kier alpha value is -2.66. The second-order valence-corrected chi connectivity index (χ2v) is 5.35. The summed E-state index contributed by atoms with van der Waals surface area (Å²) in [5, 5.41) is 11.7. The Balaban J connectivity index is 2.12. The molecule has 5 heteroatoms. The first-order valence-corrected chi connectivity index (χ1v) is 7.35. The molecule has 0 aliphatic rings. The number of aliphatic hydroxyl groups excluding tert-OH is 1. The van der Waals surface area contributed by atoms with Crippen LogP contribution in [-0.2, 0) is 0 Å². The monoisotopic (exact) mass is 312 g/mol. The van der Waals surface area contributed by atoms with Gasteiger partial charge in [0, 0.05) is 30.4 Å². The van der Waals surface area contributed by atoms with Crippen molar-refractivity contribution in [1.29, 1.82) is 0 Å². The van der Waals surface area contributed by atoms with Crippen molar-refractivity contribution in [2.75, 3.05) is 25.5 Å². The third kappa shape index (κ3) is 4.40. The topological polar surface area (TPSA) is 69.6 Å². The number of carbonyl (C=O) groups excluding carboxylic acids is 2. The maximum absolute atomic E-state index is 12.2. The number of carbonyl (C=O) groups is 2. The fraction of sp³-hybridized carbons (Fsp3) is 0.222. The van der Waals surface area contributed by atoms with E-state index in [0.29, 0.717) is 16.8 Å². The zero-order valence-electron chi connectivity index (χ0n) is 13.2. The van der Waals surface area contributed by atoms with Crippen LogP contribution in [0.5, 0.6) is 0 Å². The molecule has 0 bridgehead atoms. The molecule has 120 valence electrons. The second-order valence-electron chi connectivity index (χ2n) is 5.35.